The van der Waals surface area contributed by atoms with Gasteiger partial charge in [-0.15, -0.1) is 0 Å². The smallest absolute Gasteiger partial charge is 0.161 e. The van der Waals surface area contributed by atoms with Crippen molar-refractivity contribution in [2.75, 3.05) is 18.0 Å². The van der Waals surface area contributed by atoms with Gasteiger partial charge in [-0.3, -0.25) is 4.98 Å². The Morgan fingerprint density at radius 3 is 2.55 bits per heavy atom. The summed E-state index contributed by atoms with van der Waals surface area (Å²) in [6.07, 6.45) is 3.93. The minimum Gasteiger partial charge on any atom is -0.355 e. The Bertz CT molecular complexity index is 655. The molecule has 3 rings (SSSR count). The standard InChI is InChI=1S/C15H17F2N3/c1-15(2)4-3-5-20(9-15)14-8-18-12-6-10(16)11(17)7-13(12)19-14/h6-8H,3-5,9H2,1-2H3. The first-order valence-corrected chi connectivity index (χ1v) is 6.81. The van der Waals surface area contributed by atoms with Crippen molar-refractivity contribution in [3.8, 4) is 0 Å². The van der Waals surface area contributed by atoms with Gasteiger partial charge in [-0.2, -0.15) is 0 Å². The van der Waals surface area contributed by atoms with Crippen LogP contribution in [0.5, 0.6) is 0 Å². The maximum atomic E-state index is 13.3. The van der Waals surface area contributed by atoms with Crippen molar-refractivity contribution in [3.63, 3.8) is 0 Å². The lowest BCUT2D eigenvalue weighted by atomic mass is 9.84. The summed E-state index contributed by atoms with van der Waals surface area (Å²) in [5.41, 5.74) is 1.01. The highest BCUT2D eigenvalue weighted by Crippen LogP contribution is 2.31. The van der Waals surface area contributed by atoms with Crippen LogP contribution in [0.1, 0.15) is 26.7 Å². The van der Waals surface area contributed by atoms with E-state index in [2.05, 4.69) is 28.7 Å². The predicted octanol–water partition coefficient (Wildman–Crippen LogP) is 3.53. The first kappa shape index (κ1) is 13.2. The Morgan fingerprint density at radius 1 is 1.15 bits per heavy atom. The molecule has 1 aromatic carbocycles. The van der Waals surface area contributed by atoms with Crippen molar-refractivity contribution in [2.45, 2.75) is 26.7 Å². The quantitative estimate of drug-likeness (QED) is 0.798. The van der Waals surface area contributed by atoms with E-state index >= 15 is 0 Å². The molecule has 0 N–H and O–H groups in total. The molecule has 0 aliphatic carbocycles. The molecule has 1 aromatic heterocycles. The monoisotopic (exact) mass is 277 g/mol. The third-order valence-electron chi connectivity index (χ3n) is 3.80. The lowest BCUT2D eigenvalue weighted by Crippen LogP contribution is -2.40. The molecule has 106 valence electrons. The summed E-state index contributed by atoms with van der Waals surface area (Å²) in [5.74, 6) is -1.04. The number of anilines is 1. The molecule has 1 aliphatic heterocycles. The molecule has 1 saturated heterocycles. The fourth-order valence-corrected chi connectivity index (χ4v) is 2.77. The predicted molar refractivity (Wildman–Crippen MR) is 74.7 cm³/mol. The van der Waals surface area contributed by atoms with Crippen molar-refractivity contribution in [1.82, 2.24) is 9.97 Å². The van der Waals surface area contributed by atoms with Gasteiger partial charge in [0.2, 0.25) is 0 Å². The van der Waals surface area contributed by atoms with Crippen LogP contribution in [-0.2, 0) is 0 Å². The lowest BCUT2D eigenvalue weighted by molar-refractivity contribution is 0.292. The molecule has 2 aromatic rings. The zero-order valence-corrected chi connectivity index (χ0v) is 11.7. The van der Waals surface area contributed by atoms with Crippen molar-refractivity contribution in [3.05, 3.63) is 30.0 Å². The first-order valence-electron chi connectivity index (χ1n) is 6.81. The van der Waals surface area contributed by atoms with Gasteiger partial charge in [0.15, 0.2) is 11.6 Å². The molecule has 0 saturated carbocycles. The Labute approximate surface area is 116 Å². The second kappa shape index (κ2) is 4.65. The van der Waals surface area contributed by atoms with Crippen molar-refractivity contribution < 1.29 is 8.78 Å². The first-order chi connectivity index (χ1) is 9.44. The van der Waals surface area contributed by atoms with Crippen molar-refractivity contribution in [1.29, 1.82) is 0 Å². The number of nitrogens with zero attached hydrogens (tertiary/aromatic N) is 3. The van der Waals surface area contributed by atoms with E-state index in [1.165, 1.54) is 6.42 Å². The van der Waals surface area contributed by atoms with Crippen LogP contribution in [-0.4, -0.2) is 23.1 Å². The van der Waals surface area contributed by atoms with E-state index < -0.39 is 11.6 Å². The molecular weight excluding hydrogens is 260 g/mol. The SMILES string of the molecule is CC1(C)CCCN(c2cnc3cc(F)c(F)cc3n2)C1. The third-order valence-corrected chi connectivity index (χ3v) is 3.80. The summed E-state index contributed by atoms with van der Waals surface area (Å²) in [7, 11) is 0. The van der Waals surface area contributed by atoms with Crippen molar-refractivity contribution in [2.24, 2.45) is 5.41 Å². The van der Waals surface area contributed by atoms with Crippen molar-refractivity contribution >= 4 is 16.9 Å². The minimum absolute atomic E-state index is 0.239. The Morgan fingerprint density at radius 2 is 1.85 bits per heavy atom. The molecule has 0 unspecified atom stereocenters. The van der Waals surface area contributed by atoms with Gasteiger partial charge in [0.1, 0.15) is 5.82 Å². The average molecular weight is 277 g/mol. The zero-order chi connectivity index (χ0) is 14.3. The van der Waals surface area contributed by atoms with Crippen LogP contribution in [0.3, 0.4) is 0 Å². The highest BCUT2D eigenvalue weighted by molar-refractivity contribution is 5.75. The van der Waals surface area contributed by atoms with Gasteiger partial charge in [-0.05, 0) is 18.3 Å². The van der Waals surface area contributed by atoms with E-state index in [1.54, 1.807) is 6.20 Å². The average Bonchev–Trinajstić information content (AvgIpc) is 2.38. The summed E-state index contributed by atoms with van der Waals surface area (Å²) in [6.45, 7) is 6.27. The molecule has 0 bridgehead atoms. The second-order valence-electron chi connectivity index (χ2n) is 6.17. The fourth-order valence-electron chi connectivity index (χ4n) is 2.77. The van der Waals surface area contributed by atoms with E-state index in [-0.39, 0.29) is 5.41 Å². The molecule has 5 heteroatoms. The van der Waals surface area contributed by atoms with E-state index in [0.29, 0.717) is 11.0 Å². The topological polar surface area (TPSA) is 29.0 Å². The molecule has 0 amide bonds. The van der Waals surface area contributed by atoms with Crippen LogP contribution >= 0.6 is 0 Å². The maximum Gasteiger partial charge on any atom is 0.161 e. The van der Waals surface area contributed by atoms with Gasteiger partial charge in [0.05, 0.1) is 17.2 Å². The number of halogens is 2. The van der Waals surface area contributed by atoms with Crippen LogP contribution < -0.4 is 4.90 Å². The zero-order valence-electron chi connectivity index (χ0n) is 11.7. The normalized spacial score (nSPS) is 18.5. The molecular formula is C15H17F2N3. The van der Waals surface area contributed by atoms with Crippen LogP contribution in [0, 0.1) is 17.0 Å². The minimum atomic E-state index is -0.890. The summed E-state index contributed by atoms with van der Waals surface area (Å²) in [4.78, 5) is 10.8. The van der Waals surface area contributed by atoms with Gasteiger partial charge in [-0.1, -0.05) is 13.8 Å². The van der Waals surface area contributed by atoms with E-state index in [4.69, 9.17) is 0 Å². The molecule has 2 heterocycles. The lowest BCUT2D eigenvalue weighted by Gasteiger charge is -2.38. The van der Waals surface area contributed by atoms with Crippen LogP contribution in [0.4, 0.5) is 14.6 Å². The molecule has 1 aliphatic rings. The summed E-state index contributed by atoms with van der Waals surface area (Å²) < 4.78 is 26.4. The van der Waals surface area contributed by atoms with Crippen LogP contribution in [0.15, 0.2) is 18.3 Å². The molecule has 3 nitrogen and oxygen atoms in total. The molecule has 20 heavy (non-hydrogen) atoms. The van der Waals surface area contributed by atoms with Gasteiger partial charge < -0.3 is 4.90 Å². The fraction of sp³-hybridized carbons (Fsp3) is 0.467. The Balaban J connectivity index is 1.98. The van der Waals surface area contributed by atoms with Gasteiger partial charge >= 0.3 is 0 Å². The maximum absolute atomic E-state index is 13.3. The molecule has 0 spiro atoms. The van der Waals surface area contributed by atoms with Gasteiger partial charge in [0, 0.05) is 25.2 Å². The number of aromatic nitrogens is 2. The van der Waals surface area contributed by atoms with Gasteiger partial charge in [0.25, 0.3) is 0 Å². The number of fused-ring (bicyclic) bond motifs is 1. The molecule has 0 radical (unpaired) electrons. The van der Waals surface area contributed by atoms with E-state index in [1.807, 2.05) is 0 Å². The van der Waals surface area contributed by atoms with E-state index in [0.717, 1.165) is 37.5 Å². The van der Waals surface area contributed by atoms with Gasteiger partial charge in [-0.25, -0.2) is 13.8 Å². The molecule has 0 atom stereocenters. The summed E-state index contributed by atoms with van der Waals surface area (Å²) in [6, 6.07) is 2.19. The third kappa shape index (κ3) is 2.44. The Hall–Kier alpha value is -1.78. The summed E-state index contributed by atoms with van der Waals surface area (Å²) in [5, 5.41) is 0. The second-order valence-corrected chi connectivity index (χ2v) is 6.17. The highest BCUT2D eigenvalue weighted by Gasteiger charge is 2.27. The number of piperidine rings is 1. The summed E-state index contributed by atoms with van der Waals surface area (Å²) >= 11 is 0. The Kier molecular flexibility index (Phi) is 3.07. The van der Waals surface area contributed by atoms with Crippen LogP contribution in [0.25, 0.3) is 11.0 Å². The van der Waals surface area contributed by atoms with E-state index in [9.17, 15) is 8.78 Å². The largest absolute Gasteiger partial charge is 0.355 e. The number of hydrogen-bond donors (Lipinski definition) is 0. The van der Waals surface area contributed by atoms with Crippen LogP contribution in [0.2, 0.25) is 0 Å². The molecule has 1 fully saturated rings. The highest BCUT2D eigenvalue weighted by atomic mass is 19.2. The number of benzene rings is 1. The number of hydrogen-bond acceptors (Lipinski definition) is 3. The number of rotatable bonds is 1.